The van der Waals surface area contributed by atoms with Gasteiger partial charge in [0, 0.05) is 17.8 Å². The number of aryl methyl sites for hydroxylation is 1. The van der Waals surface area contributed by atoms with Crippen molar-refractivity contribution >= 4 is 11.9 Å². The Kier molecular flexibility index (Phi) is 4.65. The van der Waals surface area contributed by atoms with Gasteiger partial charge in [-0.05, 0) is 25.5 Å². The molecule has 0 unspecified atom stereocenters. The lowest BCUT2D eigenvalue weighted by molar-refractivity contribution is -0.144. The number of carbonyl (C=O) groups excluding carboxylic acids is 2. The van der Waals surface area contributed by atoms with Crippen LogP contribution in [-0.2, 0) is 16.0 Å². The van der Waals surface area contributed by atoms with Crippen LogP contribution >= 0.6 is 0 Å². The van der Waals surface area contributed by atoms with Gasteiger partial charge in [0.05, 0.1) is 12.7 Å². The first-order valence-corrected chi connectivity index (χ1v) is 7.05. The van der Waals surface area contributed by atoms with E-state index in [0.29, 0.717) is 17.7 Å². The number of primary amides is 1. The maximum atomic E-state index is 12.2. The van der Waals surface area contributed by atoms with E-state index in [0.717, 1.165) is 11.3 Å². The van der Waals surface area contributed by atoms with Gasteiger partial charge in [-0.25, -0.2) is 4.79 Å². The van der Waals surface area contributed by atoms with Gasteiger partial charge < -0.3 is 15.0 Å². The molecule has 1 aromatic carbocycles. The molecule has 1 amide bonds. The SMILES string of the molecule is COC(=O)[C@@H](Cc1ccccc1)n1c(C)cc(C(N)=O)c1C. The Morgan fingerprint density at radius 1 is 1.23 bits per heavy atom. The quantitative estimate of drug-likeness (QED) is 0.860. The summed E-state index contributed by atoms with van der Waals surface area (Å²) in [4.78, 5) is 23.7. The average molecular weight is 300 g/mol. The van der Waals surface area contributed by atoms with Crippen LogP contribution in [0.3, 0.4) is 0 Å². The fourth-order valence-corrected chi connectivity index (χ4v) is 2.76. The lowest BCUT2D eigenvalue weighted by atomic mass is 10.1. The van der Waals surface area contributed by atoms with Crippen molar-refractivity contribution in [2.75, 3.05) is 7.11 Å². The number of methoxy groups -OCH3 is 1. The Labute approximate surface area is 129 Å². The molecule has 5 nitrogen and oxygen atoms in total. The highest BCUT2D eigenvalue weighted by Crippen LogP contribution is 2.24. The summed E-state index contributed by atoms with van der Waals surface area (Å²) >= 11 is 0. The zero-order valence-corrected chi connectivity index (χ0v) is 13.0. The second-order valence-corrected chi connectivity index (χ2v) is 5.25. The second-order valence-electron chi connectivity index (χ2n) is 5.25. The summed E-state index contributed by atoms with van der Waals surface area (Å²) in [7, 11) is 1.36. The average Bonchev–Trinajstić information content (AvgIpc) is 2.80. The summed E-state index contributed by atoms with van der Waals surface area (Å²) in [5, 5.41) is 0. The Morgan fingerprint density at radius 3 is 2.36 bits per heavy atom. The molecule has 0 bridgehead atoms. The van der Waals surface area contributed by atoms with Gasteiger partial charge in [-0.2, -0.15) is 0 Å². The van der Waals surface area contributed by atoms with E-state index in [-0.39, 0.29) is 5.97 Å². The molecular weight excluding hydrogens is 280 g/mol. The highest BCUT2D eigenvalue weighted by molar-refractivity contribution is 5.94. The van der Waals surface area contributed by atoms with Crippen LogP contribution < -0.4 is 5.73 Å². The molecule has 0 saturated carbocycles. The smallest absolute Gasteiger partial charge is 0.329 e. The lowest BCUT2D eigenvalue weighted by Crippen LogP contribution is -2.25. The summed E-state index contributed by atoms with van der Waals surface area (Å²) in [5.41, 5.74) is 8.32. The molecule has 2 rings (SSSR count). The van der Waals surface area contributed by atoms with E-state index in [2.05, 4.69) is 0 Å². The van der Waals surface area contributed by atoms with Crippen LogP contribution in [0.4, 0.5) is 0 Å². The molecule has 0 spiro atoms. The van der Waals surface area contributed by atoms with Crippen molar-refractivity contribution in [3.63, 3.8) is 0 Å². The minimum atomic E-state index is -0.527. The number of benzene rings is 1. The van der Waals surface area contributed by atoms with Crippen molar-refractivity contribution in [1.29, 1.82) is 0 Å². The van der Waals surface area contributed by atoms with Gasteiger partial charge in [0.25, 0.3) is 5.91 Å². The van der Waals surface area contributed by atoms with Crippen LogP contribution in [-0.4, -0.2) is 23.6 Å². The van der Waals surface area contributed by atoms with E-state index in [1.165, 1.54) is 7.11 Å². The van der Waals surface area contributed by atoms with Gasteiger partial charge in [0.2, 0.25) is 0 Å². The zero-order chi connectivity index (χ0) is 16.3. The molecule has 2 aromatic rings. The monoisotopic (exact) mass is 300 g/mol. The molecule has 0 aliphatic carbocycles. The third-order valence-corrected chi connectivity index (χ3v) is 3.81. The van der Waals surface area contributed by atoms with E-state index in [4.69, 9.17) is 10.5 Å². The highest BCUT2D eigenvalue weighted by atomic mass is 16.5. The standard InChI is InChI=1S/C17H20N2O3/c1-11-9-14(16(18)20)12(2)19(11)15(17(21)22-3)10-13-7-5-4-6-8-13/h4-9,15H,10H2,1-3H3,(H2,18,20)/t15-/m1/s1. The fourth-order valence-electron chi connectivity index (χ4n) is 2.76. The molecule has 0 aliphatic heterocycles. The van der Waals surface area contributed by atoms with Crippen LogP contribution in [0.2, 0.25) is 0 Å². The van der Waals surface area contributed by atoms with Crippen LogP contribution in [0.15, 0.2) is 36.4 Å². The van der Waals surface area contributed by atoms with Crippen LogP contribution in [0, 0.1) is 13.8 Å². The number of esters is 1. The number of amides is 1. The molecule has 1 atom stereocenters. The zero-order valence-electron chi connectivity index (χ0n) is 13.0. The Balaban J connectivity index is 2.47. The predicted octanol–water partition coefficient (Wildman–Crippen LogP) is 2.16. The third-order valence-electron chi connectivity index (χ3n) is 3.81. The Hall–Kier alpha value is -2.56. The van der Waals surface area contributed by atoms with Gasteiger partial charge in [0.15, 0.2) is 0 Å². The lowest BCUT2D eigenvalue weighted by Gasteiger charge is -2.20. The molecule has 116 valence electrons. The van der Waals surface area contributed by atoms with Crippen LogP contribution in [0.25, 0.3) is 0 Å². The summed E-state index contributed by atoms with van der Waals surface area (Å²) < 4.78 is 6.76. The van der Waals surface area contributed by atoms with Crippen molar-refractivity contribution in [2.45, 2.75) is 26.3 Å². The highest BCUT2D eigenvalue weighted by Gasteiger charge is 2.26. The topological polar surface area (TPSA) is 74.3 Å². The first kappa shape index (κ1) is 15.8. The minimum absolute atomic E-state index is 0.346. The Morgan fingerprint density at radius 2 is 1.86 bits per heavy atom. The molecule has 0 saturated heterocycles. The molecule has 2 N–H and O–H groups in total. The second kappa shape index (κ2) is 6.47. The number of aromatic nitrogens is 1. The van der Waals surface area contributed by atoms with Crippen molar-refractivity contribution < 1.29 is 14.3 Å². The number of carbonyl (C=O) groups is 2. The number of hydrogen-bond acceptors (Lipinski definition) is 3. The van der Waals surface area contributed by atoms with E-state index >= 15 is 0 Å². The fraction of sp³-hybridized carbons (Fsp3) is 0.294. The number of hydrogen-bond donors (Lipinski definition) is 1. The number of ether oxygens (including phenoxy) is 1. The molecule has 22 heavy (non-hydrogen) atoms. The number of nitrogens with zero attached hydrogens (tertiary/aromatic N) is 1. The predicted molar refractivity (Wildman–Crippen MR) is 83.6 cm³/mol. The Bertz CT molecular complexity index is 689. The van der Waals surface area contributed by atoms with Crippen molar-refractivity contribution in [3.8, 4) is 0 Å². The molecule has 5 heteroatoms. The van der Waals surface area contributed by atoms with E-state index in [9.17, 15) is 9.59 Å². The summed E-state index contributed by atoms with van der Waals surface area (Å²) in [6, 6.07) is 10.9. The van der Waals surface area contributed by atoms with Gasteiger partial charge in [-0.15, -0.1) is 0 Å². The van der Waals surface area contributed by atoms with Gasteiger partial charge in [0.1, 0.15) is 6.04 Å². The van der Waals surface area contributed by atoms with E-state index in [1.54, 1.807) is 13.0 Å². The van der Waals surface area contributed by atoms with Gasteiger partial charge in [-0.3, -0.25) is 4.79 Å². The largest absolute Gasteiger partial charge is 0.467 e. The molecule has 0 fully saturated rings. The van der Waals surface area contributed by atoms with Crippen molar-refractivity contribution in [1.82, 2.24) is 4.57 Å². The molecule has 0 aliphatic rings. The summed E-state index contributed by atoms with van der Waals surface area (Å²) in [6.45, 7) is 3.63. The summed E-state index contributed by atoms with van der Waals surface area (Å²) in [5.74, 6) is -0.843. The van der Waals surface area contributed by atoms with Crippen LogP contribution in [0.1, 0.15) is 33.4 Å². The van der Waals surface area contributed by atoms with Crippen molar-refractivity contribution in [3.05, 3.63) is 58.9 Å². The first-order chi connectivity index (χ1) is 10.5. The maximum absolute atomic E-state index is 12.2. The molecule has 1 heterocycles. The maximum Gasteiger partial charge on any atom is 0.329 e. The van der Waals surface area contributed by atoms with Crippen molar-refractivity contribution in [2.24, 2.45) is 5.73 Å². The normalized spacial score (nSPS) is 12.0. The molecule has 0 radical (unpaired) electrons. The first-order valence-electron chi connectivity index (χ1n) is 7.05. The van der Waals surface area contributed by atoms with Crippen LogP contribution in [0.5, 0.6) is 0 Å². The molecule has 1 aromatic heterocycles. The van der Waals surface area contributed by atoms with Gasteiger partial charge in [-0.1, -0.05) is 30.3 Å². The third kappa shape index (κ3) is 3.03. The summed E-state index contributed by atoms with van der Waals surface area (Å²) in [6.07, 6.45) is 0.488. The van der Waals surface area contributed by atoms with E-state index in [1.807, 2.05) is 41.8 Å². The van der Waals surface area contributed by atoms with E-state index < -0.39 is 11.9 Å². The number of rotatable bonds is 5. The molecular formula is C17H20N2O3. The van der Waals surface area contributed by atoms with Gasteiger partial charge >= 0.3 is 5.97 Å². The minimum Gasteiger partial charge on any atom is -0.467 e. The number of nitrogens with two attached hydrogens (primary N) is 1.